The summed E-state index contributed by atoms with van der Waals surface area (Å²) in [6, 6.07) is 0. The molecule has 2 saturated heterocycles. The Morgan fingerprint density at radius 2 is 1.33 bits per heavy atom. The molecule has 12 heteroatoms. The first kappa shape index (κ1) is 46.3. The minimum absolute atomic E-state index is 0.0159. The van der Waals surface area contributed by atoms with E-state index in [1.807, 2.05) is 79.7 Å². The van der Waals surface area contributed by atoms with Crippen molar-refractivity contribution in [2.24, 2.45) is 17.3 Å². The summed E-state index contributed by atoms with van der Waals surface area (Å²) < 4.78 is 23.6. The van der Waals surface area contributed by atoms with Gasteiger partial charge in [-0.2, -0.15) is 0 Å². The molecule has 3 aliphatic rings. The number of aliphatic hydroxyl groups is 6. The van der Waals surface area contributed by atoms with E-state index in [1.54, 1.807) is 6.92 Å². The predicted octanol–water partition coefficient (Wildman–Crippen LogP) is 4.38. The van der Waals surface area contributed by atoms with Crippen molar-refractivity contribution in [2.45, 2.75) is 188 Å². The van der Waals surface area contributed by atoms with Crippen LogP contribution < -0.4 is 0 Å². The Morgan fingerprint density at radius 1 is 0.759 bits per heavy atom. The first-order valence-electron chi connectivity index (χ1n) is 19.6. The second kappa shape index (κ2) is 20.4. The number of carbonyl (C=O) groups excluding carboxylic acids is 2. The number of ketones is 2. The van der Waals surface area contributed by atoms with E-state index in [1.165, 1.54) is 6.92 Å². The Labute approximate surface area is 321 Å². The summed E-state index contributed by atoms with van der Waals surface area (Å²) in [5.41, 5.74) is 3.03. The molecule has 6 N–H and O–H groups in total. The molecule has 3 rings (SSSR count). The molecule has 2 heterocycles. The smallest absolute Gasteiger partial charge is 0.187 e. The Hall–Kier alpha value is -2.10. The van der Waals surface area contributed by atoms with Gasteiger partial charge >= 0.3 is 0 Å². The van der Waals surface area contributed by atoms with Crippen molar-refractivity contribution in [3.63, 3.8) is 0 Å². The lowest BCUT2D eigenvalue weighted by Gasteiger charge is -2.45. The Balaban J connectivity index is 1.68. The van der Waals surface area contributed by atoms with Crippen LogP contribution in [0.5, 0.6) is 0 Å². The van der Waals surface area contributed by atoms with Crippen LogP contribution in [0.25, 0.3) is 0 Å². The molecule has 1 aliphatic carbocycles. The molecule has 2 aliphatic heterocycles. The van der Waals surface area contributed by atoms with Gasteiger partial charge in [0.25, 0.3) is 0 Å². The average Bonchev–Trinajstić information content (AvgIpc) is 3.53. The summed E-state index contributed by atoms with van der Waals surface area (Å²) in [6.07, 6.45) is -3.05. The molecule has 0 radical (unpaired) electrons. The lowest BCUT2D eigenvalue weighted by molar-refractivity contribution is -0.354. The maximum absolute atomic E-state index is 13.7. The van der Waals surface area contributed by atoms with Gasteiger partial charge in [0.05, 0.1) is 24.4 Å². The van der Waals surface area contributed by atoms with E-state index in [2.05, 4.69) is 0 Å². The lowest BCUT2D eigenvalue weighted by Crippen LogP contribution is -2.63. The molecule has 0 aromatic carbocycles. The zero-order valence-corrected chi connectivity index (χ0v) is 34.0. The molecule has 0 aromatic rings. The standard InChI is InChI=1S/C42H68O12/c1-22(2)13-17-30(43)24(5)16-20-33(45)42(10)21-11-12-29(42)26(7)31(44)18-15-25(6)32(19-14-23(3)4)53-40-38(50)36(48)39(28(9)52-40)54-41-37(49)35(47)34(46)27(8)51-41/h13-16,26-30,32,34-41,43,46-50H,11-12,17-21H2,1-10H3/b24-16+,25-15+/t26-,27?,28?,29+,30?,32?,34?,35?,36?,37+,38?,39?,40?,41?,42+/m1/s1. The minimum Gasteiger partial charge on any atom is -0.388 e. The van der Waals surface area contributed by atoms with E-state index >= 15 is 0 Å². The first-order chi connectivity index (χ1) is 25.2. The molecule has 11 unspecified atom stereocenters. The van der Waals surface area contributed by atoms with Gasteiger partial charge in [-0.15, -0.1) is 0 Å². The van der Waals surface area contributed by atoms with Gasteiger partial charge in [0.2, 0.25) is 0 Å². The van der Waals surface area contributed by atoms with Crippen LogP contribution in [0.15, 0.2) is 46.6 Å². The summed E-state index contributed by atoms with van der Waals surface area (Å²) in [7, 11) is 0. The van der Waals surface area contributed by atoms with Crippen LogP contribution >= 0.6 is 0 Å². The van der Waals surface area contributed by atoms with Gasteiger partial charge in [0, 0.05) is 24.2 Å². The van der Waals surface area contributed by atoms with E-state index in [0.717, 1.165) is 35.1 Å². The number of hydrogen-bond acceptors (Lipinski definition) is 12. The van der Waals surface area contributed by atoms with Crippen LogP contribution in [0.1, 0.15) is 114 Å². The Kier molecular flexibility index (Phi) is 17.5. The Morgan fingerprint density at radius 3 is 1.96 bits per heavy atom. The van der Waals surface area contributed by atoms with Crippen LogP contribution in [0.3, 0.4) is 0 Å². The molecule has 54 heavy (non-hydrogen) atoms. The number of Topliss-reactive ketones (excluding diaryl/α,β-unsaturated/α-hetero) is 2. The molecule has 0 bridgehead atoms. The molecule has 3 fully saturated rings. The number of rotatable bonds is 17. The second-order valence-electron chi connectivity index (χ2n) is 16.5. The molecule has 0 aromatic heterocycles. The van der Waals surface area contributed by atoms with Gasteiger partial charge in [-0.05, 0) is 98.1 Å². The van der Waals surface area contributed by atoms with Crippen molar-refractivity contribution in [1.82, 2.24) is 0 Å². The zero-order chi connectivity index (χ0) is 40.7. The van der Waals surface area contributed by atoms with E-state index in [0.29, 0.717) is 19.3 Å². The maximum Gasteiger partial charge on any atom is 0.187 e. The van der Waals surface area contributed by atoms with E-state index in [-0.39, 0.29) is 36.2 Å². The largest absolute Gasteiger partial charge is 0.388 e. The third kappa shape index (κ3) is 11.7. The average molecular weight is 765 g/mol. The number of aliphatic hydroxyl groups excluding tert-OH is 6. The van der Waals surface area contributed by atoms with Crippen molar-refractivity contribution in [1.29, 1.82) is 0 Å². The van der Waals surface area contributed by atoms with Gasteiger partial charge in [-0.25, -0.2) is 0 Å². The summed E-state index contributed by atoms with van der Waals surface area (Å²) >= 11 is 0. The van der Waals surface area contributed by atoms with Crippen LogP contribution in [0.4, 0.5) is 0 Å². The highest BCUT2D eigenvalue weighted by atomic mass is 16.7. The van der Waals surface area contributed by atoms with Crippen molar-refractivity contribution in [3.8, 4) is 0 Å². The van der Waals surface area contributed by atoms with Crippen molar-refractivity contribution >= 4 is 11.6 Å². The summed E-state index contributed by atoms with van der Waals surface area (Å²) in [6.45, 7) is 18.5. The monoisotopic (exact) mass is 764 g/mol. The number of carbonyl (C=O) groups is 2. The first-order valence-corrected chi connectivity index (χ1v) is 19.6. The summed E-state index contributed by atoms with van der Waals surface area (Å²) in [4.78, 5) is 27.3. The van der Waals surface area contributed by atoms with Gasteiger partial charge in [0.15, 0.2) is 12.6 Å². The number of ether oxygens (including phenoxy) is 4. The Bertz CT molecular complexity index is 1380. The minimum atomic E-state index is -1.60. The van der Waals surface area contributed by atoms with Gasteiger partial charge < -0.3 is 49.6 Å². The van der Waals surface area contributed by atoms with Crippen LogP contribution in [0, 0.1) is 17.3 Å². The number of allylic oxidation sites excluding steroid dienone is 4. The molecule has 1 saturated carbocycles. The van der Waals surface area contributed by atoms with E-state index in [9.17, 15) is 40.2 Å². The van der Waals surface area contributed by atoms with E-state index < -0.39 is 79.0 Å². The fourth-order valence-corrected chi connectivity index (χ4v) is 7.74. The molecule has 0 amide bonds. The van der Waals surface area contributed by atoms with Gasteiger partial charge in [0.1, 0.15) is 48.2 Å². The lowest BCUT2D eigenvalue weighted by atomic mass is 9.68. The third-order valence-corrected chi connectivity index (χ3v) is 11.7. The molecule has 12 nitrogen and oxygen atoms in total. The van der Waals surface area contributed by atoms with Gasteiger partial charge in [-0.1, -0.05) is 55.7 Å². The highest BCUT2D eigenvalue weighted by Gasteiger charge is 2.50. The highest BCUT2D eigenvalue weighted by molar-refractivity contribution is 5.88. The third-order valence-electron chi connectivity index (χ3n) is 11.7. The molecule has 0 spiro atoms. The summed E-state index contributed by atoms with van der Waals surface area (Å²) in [5.74, 6) is -0.355. The second-order valence-corrected chi connectivity index (χ2v) is 16.5. The normalized spacial score (nSPS) is 36.6. The summed E-state index contributed by atoms with van der Waals surface area (Å²) in [5, 5.41) is 63.3. The highest BCUT2D eigenvalue weighted by Crippen LogP contribution is 2.49. The zero-order valence-electron chi connectivity index (χ0n) is 34.0. The van der Waals surface area contributed by atoms with Crippen LogP contribution in [0.2, 0.25) is 0 Å². The molecule has 15 atom stereocenters. The predicted molar refractivity (Wildman–Crippen MR) is 204 cm³/mol. The van der Waals surface area contributed by atoms with Crippen molar-refractivity contribution in [2.75, 3.05) is 0 Å². The SMILES string of the molecule is CC(C)=CCC(O)/C(C)=C/CC(=O)[C@@]1(C)CCC[C@H]1[C@@H](C)C(=O)C/C=C(\C)C(CC=C(C)C)OC1OC(C)C(OC2OC(C)C(O)C(O)[C@@H]2O)C(O)C1O. The van der Waals surface area contributed by atoms with Gasteiger partial charge in [-0.3, -0.25) is 9.59 Å². The van der Waals surface area contributed by atoms with Crippen LogP contribution in [-0.4, -0.2) is 116 Å². The fraction of sp³-hybridized carbons (Fsp3) is 0.762. The van der Waals surface area contributed by atoms with Crippen molar-refractivity contribution < 1.29 is 59.2 Å². The fourth-order valence-electron chi connectivity index (χ4n) is 7.74. The molecular formula is C42H68O12. The quantitative estimate of drug-likeness (QED) is 0.115. The molecule has 308 valence electrons. The van der Waals surface area contributed by atoms with Crippen molar-refractivity contribution in [3.05, 3.63) is 46.6 Å². The topological polar surface area (TPSA) is 192 Å². The number of hydrogen-bond donors (Lipinski definition) is 6. The van der Waals surface area contributed by atoms with E-state index in [4.69, 9.17) is 18.9 Å². The molecular weight excluding hydrogens is 696 g/mol. The van der Waals surface area contributed by atoms with Crippen LogP contribution in [-0.2, 0) is 28.5 Å². The maximum atomic E-state index is 13.7.